The number of phenolic OH excluding ortho intramolecular Hbond substituents is 1. The van der Waals surface area contributed by atoms with E-state index in [1.807, 2.05) is 0 Å². The van der Waals surface area contributed by atoms with Crippen LogP contribution >= 0.6 is 0 Å². The molecule has 166 valence electrons. The highest BCUT2D eigenvalue weighted by molar-refractivity contribution is 5.85. The molecule has 0 bridgehead atoms. The Bertz CT molecular complexity index is 1260. The van der Waals surface area contributed by atoms with Gasteiger partial charge in [0.05, 0.1) is 29.1 Å². The number of rotatable bonds is 8. The van der Waals surface area contributed by atoms with Crippen molar-refractivity contribution in [2.24, 2.45) is 15.3 Å². The number of nitro benzene ring substituents is 1. The second kappa shape index (κ2) is 10.6. The molecular formula is C22H19N7O4. The summed E-state index contributed by atoms with van der Waals surface area (Å²) in [6.45, 7) is 2.05. The van der Waals surface area contributed by atoms with Crippen LogP contribution in [0.5, 0.6) is 5.75 Å². The number of pyridine rings is 1. The third-order valence-corrected chi connectivity index (χ3v) is 4.37. The van der Waals surface area contributed by atoms with E-state index >= 15 is 0 Å². The molecule has 3 aromatic rings. The zero-order valence-corrected chi connectivity index (χ0v) is 17.8. The lowest BCUT2D eigenvalue weighted by Crippen LogP contribution is -2.03. The minimum Gasteiger partial charge on any atom is -0.507 e. The van der Waals surface area contributed by atoms with E-state index in [1.165, 1.54) is 43.7 Å². The molecule has 0 saturated heterocycles. The maximum atomic E-state index is 10.7. The Morgan fingerprint density at radius 3 is 2.58 bits per heavy atom. The molecule has 2 aromatic carbocycles. The molecule has 1 heterocycles. The molecule has 2 N–H and O–H groups in total. The Kier molecular flexibility index (Phi) is 7.35. The fourth-order valence-electron chi connectivity index (χ4n) is 2.84. The van der Waals surface area contributed by atoms with Crippen LogP contribution < -0.4 is 5.43 Å². The highest BCUT2D eigenvalue weighted by Crippen LogP contribution is 2.25. The van der Waals surface area contributed by atoms with Gasteiger partial charge in [0.25, 0.3) is 5.69 Å². The van der Waals surface area contributed by atoms with Gasteiger partial charge in [0.15, 0.2) is 5.82 Å². The SMILES string of the molecule is COCc1cc(C)nc(N/N=C\c2cc(N=Nc3ccc([N+](=O)[O-])cc3)ccc2O)c1C#N. The molecule has 0 amide bonds. The van der Waals surface area contributed by atoms with Crippen molar-refractivity contribution in [2.75, 3.05) is 12.5 Å². The molecule has 0 atom stereocenters. The summed E-state index contributed by atoms with van der Waals surface area (Å²) in [7, 11) is 1.54. The number of benzene rings is 2. The van der Waals surface area contributed by atoms with Gasteiger partial charge in [-0.1, -0.05) is 0 Å². The number of nitrogens with zero attached hydrogens (tertiary/aromatic N) is 6. The number of nitriles is 1. The van der Waals surface area contributed by atoms with Crippen LogP contribution in [0, 0.1) is 28.4 Å². The first-order valence-electron chi connectivity index (χ1n) is 9.59. The number of methoxy groups -OCH3 is 1. The van der Waals surface area contributed by atoms with Crippen molar-refractivity contribution in [3.8, 4) is 11.8 Å². The van der Waals surface area contributed by atoms with Crippen LogP contribution in [0.15, 0.2) is 63.9 Å². The van der Waals surface area contributed by atoms with Crippen molar-refractivity contribution < 1.29 is 14.8 Å². The van der Waals surface area contributed by atoms with E-state index in [9.17, 15) is 20.5 Å². The third kappa shape index (κ3) is 5.93. The first kappa shape index (κ1) is 23.0. The number of hydrazone groups is 1. The van der Waals surface area contributed by atoms with E-state index in [0.717, 1.165) is 0 Å². The summed E-state index contributed by atoms with van der Waals surface area (Å²) in [5, 5.41) is 42.5. The lowest BCUT2D eigenvalue weighted by atomic mass is 10.1. The first-order valence-corrected chi connectivity index (χ1v) is 9.59. The predicted octanol–water partition coefficient (Wildman–Crippen LogP) is 4.88. The second-order valence-corrected chi connectivity index (χ2v) is 6.78. The molecule has 3 rings (SSSR count). The number of non-ortho nitro benzene ring substituents is 1. The Labute approximate surface area is 188 Å². The summed E-state index contributed by atoms with van der Waals surface area (Å²) in [6, 6.07) is 14.0. The summed E-state index contributed by atoms with van der Waals surface area (Å²) in [4.78, 5) is 14.5. The monoisotopic (exact) mass is 445 g/mol. The molecule has 1 aromatic heterocycles. The van der Waals surface area contributed by atoms with Crippen molar-refractivity contribution in [3.05, 3.63) is 81.0 Å². The van der Waals surface area contributed by atoms with Gasteiger partial charge in [0.2, 0.25) is 0 Å². The lowest BCUT2D eigenvalue weighted by molar-refractivity contribution is -0.384. The average molecular weight is 445 g/mol. The molecule has 33 heavy (non-hydrogen) atoms. The van der Waals surface area contributed by atoms with E-state index in [0.29, 0.717) is 33.8 Å². The molecule has 11 nitrogen and oxygen atoms in total. The largest absolute Gasteiger partial charge is 0.507 e. The molecule has 0 unspecified atom stereocenters. The first-order chi connectivity index (χ1) is 15.9. The molecule has 0 aliphatic carbocycles. The van der Waals surface area contributed by atoms with Gasteiger partial charge in [-0.15, -0.1) is 0 Å². The van der Waals surface area contributed by atoms with Crippen molar-refractivity contribution >= 4 is 29.1 Å². The second-order valence-electron chi connectivity index (χ2n) is 6.78. The zero-order valence-electron chi connectivity index (χ0n) is 17.8. The molecule has 0 aliphatic heterocycles. The number of ether oxygens (including phenoxy) is 1. The highest BCUT2D eigenvalue weighted by atomic mass is 16.6. The Morgan fingerprint density at radius 1 is 1.21 bits per heavy atom. The lowest BCUT2D eigenvalue weighted by Gasteiger charge is -2.09. The van der Waals surface area contributed by atoms with Crippen LogP contribution in [-0.2, 0) is 11.3 Å². The number of azo groups is 1. The Balaban J connectivity index is 1.78. The molecule has 0 spiro atoms. The van der Waals surface area contributed by atoms with Gasteiger partial charge < -0.3 is 9.84 Å². The van der Waals surface area contributed by atoms with Gasteiger partial charge in [-0.05, 0) is 43.3 Å². The number of nitro groups is 1. The van der Waals surface area contributed by atoms with E-state index in [4.69, 9.17) is 4.74 Å². The smallest absolute Gasteiger partial charge is 0.269 e. The van der Waals surface area contributed by atoms with Crippen molar-refractivity contribution in [3.63, 3.8) is 0 Å². The average Bonchev–Trinajstić information content (AvgIpc) is 2.79. The van der Waals surface area contributed by atoms with Crippen LogP contribution in [0.1, 0.15) is 22.4 Å². The van der Waals surface area contributed by atoms with E-state index in [-0.39, 0.29) is 23.9 Å². The van der Waals surface area contributed by atoms with E-state index in [2.05, 4.69) is 31.8 Å². The van der Waals surface area contributed by atoms with Gasteiger partial charge in [0.1, 0.15) is 17.4 Å². The number of nitrogens with one attached hydrogen (secondary N) is 1. The number of phenols is 1. The fourth-order valence-corrected chi connectivity index (χ4v) is 2.84. The van der Waals surface area contributed by atoms with Crippen LogP contribution in [-0.4, -0.2) is 28.3 Å². The van der Waals surface area contributed by atoms with Crippen LogP contribution in [0.25, 0.3) is 0 Å². The minimum atomic E-state index is -0.495. The number of hydrogen-bond acceptors (Lipinski definition) is 10. The van der Waals surface area contributed by atoms with Crippen molar-refractivity contribution in [1.82, 2.24) is 4.98 Å². The van der Waals surface area contributed by atoms with E-state index < -0.39 is 4.92 Å². The highest BCUT2D eigenvalue weighted by Gasteiger charge is 2.11. The maximum Gasteiger partial charge on any atom is 0.269 e. The topological polar surface area (TPSA) is 158 Å². The summed E-state index contributed by atoms with van der Waals surface area (Å²) in [5.41, 5.74) is 5.60. The van der Waals surface area contributed by atoms with Crippen molar-refractivity contribution in [2.45, 2.75) is 13.5 Å². The maximum absolute atomic E-state index is 10.7. The zero-order chi connectivity index (χ0) is 23.8. The molecule has 0 aliphatic rings. The number of aromatic hydroxyl groups is 1. The van der Waals surface area contributed by atoms with Gasteiger partial charge in [-0.3, -0.25) is 15.5 Å². The summed E-state index contributed by atoms with van der Waals surface area (Å²) in [6.07, 6.45) is 1.36. The molecular weight excluding hydrogens is 426 g/mol. The molecule has 11 heteroatoms. The van der Waals surface area contributed by atoms with Gasteiger partial charge in [-0.25, -0.2) is 4.98 Å². The van der Waals surface area contributed by atoms with Gasteiger partial charge >= 0.3 is 0 Å². The normalized spacial score (nSPS) is 11.1. The summed E-state index contributed by atoms with van der Waals surface area (Å²) >= 11 is 0. The Hall–Kier alpha value is -4.69. The Morgan fingerprint density at radius 2 is 1.91 bits per heavy atom. The summed E-state index contributed by atoms with van der Waals surface area (Å²) in [5.74, 6) is 0.238. The van der Waals surface area contributed by atoms with Crippen LogP contribution in [0.4, 0.5) is 22.9 Å². The number of anilines is 1. The van der Waals surface area contributed by atoms with Gasteiger partial charge in [0, 0.05) is 36.1 Å². The minimum absolute atomic E-state index is 0.0346. The standard InChI is InChI=1S/C22H19N7O4/c1-14-9-16(13-33-2)20(11-23)22(25-14)28-24-12-15-10-18(5-8-21(15)30)27-26-17-3-6-19(7-4-17)29(31)32/h3-10,12,30H,13H2,1-2H3,(H,25,28)/b24-12-,27-26?. The predicted molar refractivity (Wildman–Crippen MR) is 121 cm³/mol. The quantitative estimate of drug-likeness (QED) is 0.216. The third-order valence-electron chi connectivity index (χ3n) is 4.37. The number of aryl methyl sites for hydroxylation is 1. The van der Waals surface area contributed by atoms with E-state index in [1.54, 1.807) is 25.1 Å². The van der Waals surface area contributed by atoms with Gasteiger partial charge in [-0.2, -0.15) is 20.6 Å². The van der Waals surface area contributed by atoms with Crippen molar-refractivity contribution in [1.29, 1.82) is 5.26 Å². The number of aromatic nitrogens is 1. The fraction of sp³-hybridized carbons (Fsp3) is 0.136. The van der Waals surface area contributed by atoms with Crippen LogP contribution in [0.2, 0.25) is 0 Å². The van der Waals surface area contributed by atoms with Crippen LogP contribution in [0.3, 0.4) is 0 Å². The number of hydrogen-bond donors (Lipinski definition) is 2. The molecule has 0 saturated carbocycles. The summed E-state index contributed by atoms with van der Waals surface area (Å²) < 4.78 is 5.13. The molecule has 0 fully saturated rings. The molecule has 0 radical (unpaired) electrons.